The van der Waals surface area contributed by atoms with E-state index in [1.54, 1.807) is 19.9 Å². The van der Waals surface area contributed by atoms with E-state index < -0.39 is 23.4 Å². The van der Waals surface area contributed by atoms with Crippen molar-refractivity contribution in [2.24, 2.45) is 0 Å². The van der Waals surface area contributed by atoms with Gasteiger partial charge in [-0.2, -0.15) is 5.01 Å². The summed E-state index contributed by atoms with van der Waals surface area (Å²) in [5.41, 5.74) is 1.40. The van der Waals surface area contributed by atoms with Crippen molar-refractivity contribution in [1.29, 1.82) is 0 Å². The fraction of sp³-hybridized carbons (Fsp3) is 0.647. The third kappa shape index (κ3) is 5.27. The fourth-order valence-corrected chi connectivity index (χ4v) is 2.94. The number of piperazine rings is 1. The third-order valence-corrected chi connectivity index (χ3v) is 4.85. The van der Waals surface area contributed by atoms with Crippen LogP contribution in [-0.2, 0) is 14.4 Å². The Morgan fingerprint density at radius 2 is 1.70 bits per heavy atom. The Hall–Kier alpha value is -2.46. The lowest BCUT2D eigenvalue weighted by Gasteiger charge is -2.34. The van der Waals surface area contributed by atoms with Crippen molar-refractivity contribution in [3.63, 3.8) is 0 Å². The summed E-state index contributed by atoms with van der Waals surface area (Å²) in [5, 5.41) is 6.07. The van der Waals surface area contributed by atoms with E-state index in [0.717, 1.165) is 5.01 Å². The quantitative estimate of drug-likeness (QED) is 0.355. The van der Waals surface area contributed by atoms with Gasteiger partial charge in [0.05, 0.1) is 13.1 Å². The summed E-state index contributed by atoms with van der Waals surface area (Å²) in [6, 6.07) is -0.618. The van der Waals surface area contributed by atoms with E-state index in [9.17, 15) is 19.2 Å². The van der Waals surface area contributed by atoms with E-state index in [1.165, 1.54) is 0 Å². The van der Waals surface area contributed by atoms with Gasteiger partial charge in [-0.05, 0) is 13.3 Å². The molecule has 5 amide bonds. The molecule has 0 aromatic carbocycles. The Bertz CT molecular complexity index is 617. The number of hydrogen-bond donors (Lipinski definition) is 3. The largest absolute Gasteiger partial charge is 0.352 e. The first kappa shape index (κ1) is 20.8. The predicted octanol–water partition coefficient (Wildman–Crippen LogP) is -1.34. The van der Waals surface area contributed by atoms with Crippen LogP contribution in [0.1, 0.15) is 20.3 Å². The molecule has 0 aliphatic carbocycles. The minimum absolute atomic E-state index is 0.0568. The number of urea groups is 1. The molecule has 0 spiro atoms. The van der Waals surface area contributed by atoms with Gasteiger partial charge in [0.15, 0.2) is 0 Å². The summed E-state index contributed by atoms with van der Waals surface area (Å²) in [6.07, 6.45) is 2.06. The van der Waals surface area contributed by atoms with E-state index in [0.29, 0.717) is 45.7 Å². The highest BCUT2D eigenvalue weighted by Crippen LogP contribution is 2.19. The third-order valence-electron chi connectivity index (χ3n) is 4.85. The van der Waals surface area contributed by atoms with Crippen molar-refractivity contribution in [3.8, 4) is 0 Å². The molecule has 1 unspecified atom stereocenters. The number of carbonyl (C=O) groups excluding carboxylic acids is 4. The fourth-order valence-electron chi connectivity index (χ4n) is 2.94. The molecule has 2 fully saturated rings. The van der Waals surface area contributed by atoms with Gasteiger partial charge in [0, 0.05) is 32.7 Å². The summed E-state index contributed by atoms with van der Waals surface area (Å²) < 4.78 is 0. The molecule has 2 saturated heterocycles. The van der Waals surface area contributed by atoms with Crippen LogP contribution < -0.4 is 16.1 Å². The summed E-state index contributed by atoms with van der Waals surface area (Å²) in [7, 11) is 0. The Morgan fingerprint density at radius 1 is 1.15 bits per heavy atom. The van der Waals surface area contributed by atoms with Crippen molar-refractivity contribution in [3.05, 3.63) is 12.7 Å². The average Bonchev–Trinajstić information content (AvgIpc) is 2.85. The first-order chi connectivity index (χ1) is 12.8. The molecule has 0 saturated carbocycles. The smallest absolute Gasteiger partial charge is 0.344 e. The summed E-state index contributed by atoms with van der Waals surface area (Å²) in [6.45, 7) is 10.4. The first-order valence-electron chi connectivity index (χ1n) is 9.07. The maximum Gasteiger partial charge on any atom is 0.344 e. The minimum atomic E-state index is -0.984. The van der Waals surface area contributed by atoms with Crippen molar-refractivity contribution < 1.29 is 19.2 Å². The van der Waals surface area contributed by atoms with Crippen molar-refractivity contribution in [1.82, 2.24) is 30.9 Å². The van der Waals surface area contributed by atoms with Gasteiger partial charge in [-0.25, -0.2) is 4.79 Å². The number of amides is 5. The van der Waals surface area contributed by atoms with Crippen LogP contribution in [0.3, 0.4) is 0 Å². The molecule has 0 radical (unpaired) electrons. The molecule has 2 rings (SSSR count). The van der Waals surface area contributed by atoms with Crippen LogP contribution in [0, 0.1) is 0 Å². The zero-order valence-corrected chi connectivity index (χ0v) is 15.9. The maximum absolute atomic E-state index is 12.3. The van der Waals surface area contributed by atoms with Gasteiger partial charge >= 0.3 is 6.03 Å². The molecule has 2 aliphatic heterocycles. The topological polar surface area (TPSA) is 114 Å². The zero-order valence-electron chi connectivity index (χ0n) is 15.9. The summed E-state index contributed by atoms with van der Waals surface area (Å²) in [5.74, 6) is -0.937. The monoisotopic (exact) mass is 380 g/mol. The number of hydrogen-bond acceptors (Lipinski definition) is 6. The molecule has 1 atom stereocenters. The average molecular weight is 380 g/mol. The predicted molar refractivity (Wildman–Crippen MR) is 98.3 cm³/mol. The van der Waals surface area contributed by atoms with Crippen LogP contribution in [-0.4, -0.2) is 89.9 Å². The Balaban J connectivity index is 1.75. The molecule has 150 valence electrons. The van der Waals surface area contributed by atoms with Crippen molar-refractivity contribution in [2.45, 2.75) is 25.8 Å². The molecule has 0 bridgehead atoms. The molecular formula is C17H28N6O4. The normalized spacial score (nSPS) is 23.9. The SMILES string of the molecule is C=CCNC(=O)CN1CCN(CC(=O)NN2C(=O)NC(C)(CC)C2=O)CC1. The number of nitrogens with zero attached hydrogens (tertiary/aromatic N) is 3. The second-order valence-electron chi connectivity index (χ2n) is 6.94. The lowest BCUT2D eigenvalue weighted by Crippen LogP contribution is -2.54. The van der Waals surface area contributed by atoms with Crippen LogP contribution in [0.4, 0.5) is 4.79 Å². The van der Waals surface area contributed by atoms with Gasteiger partial charge in [-0.1, -0.05) is 13.0 Å². The highest BCUT2D eigenvalue weighted by Gasteiger charge is 2.47. The van der Waals surface area contributed by atoms with E-state index in [-0.39, 0.29) is 12.5 Å². The van der Waals surface area contributed by atoms with Gasteiger partial charge in [0.2, 0.25) is 5.91 Å². The Labute approximate surface area is 158 Å². The van der Waals surface area contributed by atoms with E-state index in [1.807, 2.05) is 9.80 Å². The molecular weight excluding hydrogens is 352 g/mol. The standard InChI is InChI=1S/C17H28N6O4/c1-4-6-18-13(24)11-21-7-9-22(10-8-21)12-14(25)20-23-15(26)17(3,5-2)19-16(23)27/h4H,1,5-12H2,2-3H3,(H,18,24)(H,19,27)(H,20,25). The van der Waals surface area contributed by atoms with Gasteiger partial charge in [-0.15, -0.1) is 6.58 Å². The van der Waals surface area contributed by atoms with Crippen LogP contribution in [0.25, 0.3) is 0 Å². The van der Waals surface area contributed by atoms with Crippen molar-refractivity contribution in [2.75, 3.05) is 45.8 Å². The van der Waals surface area contributed by atoms with E-state index in [4.69, 9.17) is 0 Å². The first-order valence-corrected chi connectivity index (χ1v) is 9.07. The maximum atomic E-state index is 12.3. The summed E-state index contributed by atoms with van der Waals surface area (Å²) in [4.78, 5) is 52.1. The highest BCUT2D eigenvalue weighted by atomic mass is 16.2. The zero-order chi connectivity index (χ0) is 20.0. The van der Waals surface area contributed by atoms with Crippen molar-refractivity contribution >= 4 is 23.8 Å². The molecule has 3 N–H and O–H groups in total. The van der Waals surface area contributed by atoms with Crippen LogP contribution in [0.2, 0.25) is 0 Å². The van der Waals surface area contributed by atoms with E-state index >= 15 is 0 Å². The van der Waals surface area contributed by atoms with Gasteiger partial charge in [-0.3, -0.25) is 29.6 Å². The second-order valence-corrected chi connectivity index (χ2v) is 6.94. The molecule has 0 aromatic heterocycles. The number of imide groups is 1. The van der Waals surface area contributed by atoms with E-state index in [2.05, 4.69) is 22.6 Å². The number of carbonyl (C=O) groups is 4. The summed E-state index contributed by atoms with van der Waals surface area (Å²) >= 11 is 0. The lowest BCUT2D eigenvalue weighted by molar-refractivity contribution is -0.139. The van der Waals surface area contributed by atoms with Crippen LogP contribution in [0.5, 0.6) is 0 Å². The number of rotatable bonds is 8. The van der Waals surface area contributed by atoms with Gasteiger partial charge in [0.25, 0.3) is 11.8 Å². The minimum Gasteiger partial charge on any atom is -0.352 e. The molecule has 27 heavy (non-hydrogen) atoms. The van der Waals surface area contributed by atoms with Gasteiger partial charge in [0.1, 0.15) is 5.54 Å². The highest BCUT2D eigenvalue weighted by molar-refractivity contribution is 6.07. The lowest BCUT2D eigenvalue weighted by atomic mass is 10.00. The van der Waals surface area contributed by atoms with Gasteiger partial charge < -0.3 is 10.6 Å². The molecule has 10 heteroatoms. The molecule has 2 heterocycles. The number of hydrazine groups is 1. The second kappa shape index (κ2) is 8.96. The van der Waals surface area contributed by atoms with Crippen LogP contribution >= 0.6 is 0 Å². The molecule has 10 nitrogen and oxygen atoms in total. The Kier molecular flexibility index (Phi) is 6.92. The molecule has 0 aromatic rings. The molecule has 2 aliphatic rings. The number of nitrogens with one attached hydrogen (secondary N) is 3. The Morgan fingerprint density at radius 3 is 2.19 bits per heavy atom. The van der Waals surface area contributed by atoms with Crippen LogP contribution in [0.15, 0.2) is 12.7 Å².